The van der Waals surface area contributed by atoms with E-state index >= 15 is 0 Å². The lowest BCUT2D eigenvalue weighted by Crippen LogP contribution is -2.17. The Morgan fingerprint density at radius 1 is 1.15 bits per heavy atom. The molecule has 0 aliphatic heterocycles. The Hall–Kier alpha value is -1.46. The van der Waals surface area contributed by atoms with Gasteiger partial charge >= 0.3 is 0 Å². The van der Waals surface area contributed by atoms with Crippen molar-refractivity contribution in [3.8, 4) is 0 Å². The van der Waals surface area contributed by atoms with Gasteiger partial charge in [0.1, 0.15) is 6.54 Å². The highest BCUT2D eigenvalue weighted by molar-refractivity contribution is 5.85. The maximum Gasteiger partial charge on any atom is 0.257 e. The van der Waals surface area contributed by atoms with Gasteiger partial charge in [0.25, 0.3) is 6.43 Å². The van der Waals surface area contributed by atoms with E-state index in [1.165, 1.54) is 10.2 Å². The van der Waals surface area contributed by atoms with Crippen molar-refractivity contribution in [3.05, 3.63) is 53.9 Å². The fraction of sp³-hybridized carbons (Fsp3) is 0.357. The van der Waals surface area contributed by atoms with Gasteiger partial charge in [0, 0.05) is 12.7 Å². The zero-order valence-corrected chi connectivity index (χ0v) is 11.8. The lowest BCUT2D eigenvalue weighted by Gasteiger charge is -2.03. The van der Waals surface area contributed by atoms with E-state index in [0.717, 1.165) is 18.7 Å². The summed E-state index contributed by atoms with van der Waals surface area (Å²) in [4.78, 5) is 0. The molecular weight excluding hydrogens is 284 g/mol. The van der Waals surface area contributed by atoms with Gasteiger partial charge in [-0.2, -0.15) is 5.10 Å². The third-order valence-corrected chi connectivity index (χ3v) is 2.76. The third-order valence-electron chi connectivity index (χ3n) is 2.76. The largest absolute Gasteiger partial charge is 0.311 e. The molecule has 0 spiro atoms. The number of aromatic nitrogens is 2. The second-order valence-electron chi connectivity index (χ2n) is 4.33. The summed E-state index contributed by atoms with van der Waals surface area (Å²) in [6.45, 7) is 1.10. The average Bonchev–Trinajstić information content (AvgIpc) is 2.83. The second kappa shape index (κ2) is 8.66. The van der Waals surface area contributed by atoms with Crippen LogP contribution in [0.2, 0.25) is 0 Å². The van der Waals surface area contributed by atoms with Crippen LogP contribution in [0, 0.1) is 0 Å². The molecule has 0 saturated heterocycles. The van der Waals surface area contributed by atoms with E-state index in [1.807, 2.05) is 18.2 Å². The Morgan fingerprint density at radius 2 is 1.90 bits per heavy atom. The first-order valence-electron chi connectivity index (χ1n) is 6.29. The Bertz CT molecular complexity index is 488. The molecule has 0 unspecified atom stereocenters. The number of hydrogen-bond donors (Lipinski definition) is 1. The predicted molar refractivity (Wildman–Crippen MR) is 77.3 cm³/mol. The summed E-state index contributed by atoms with van der Waals surface area (Å²) in [7, 11) is 0. The molecule has 20 heavy (non-hydrogen) atoms. The summed E-state index contributed by atoms with van der Waals surface area (Å²) < 4.78 is 25.6. The summed E-state index contributed by atoms with van der Waals surface area (Å²) >= 11 is 0. The molecule has 0 amide bonds. The number of hydrogen-bond acceptors (Lipinski definition) is 2. The van der Waals surface area contributed by atoms with Gasteiger partial charge in [0.05, 0.1) is 5.69 Å². The fourth-order valence-corrected chi connectivity index (χ4v) is 1.83. The first-order valence-corrected chi connectivity index (χ1v) is 6.29. The number of benzene rings is 1. The molecule has 1 heterocycles. The van der Waals surface area contributed by atoms with Gasteiger partial charge in [-0.1, -0.05) is 30.3 Å². The zero-order valence-electron chi connectivity index (χ0n) is 11.0. The van der Waals surface area contributed by atoms with Crippen LogP contribution >= 0.6 is 12.4 Å². The summed E-state index contributed by atoms with van der Waals surface area (Å²) in [5.41, 5.74) is 2.06. The number of alkyl halides is 2. The monoisotopic (exact) mass is 301 g/mol. The molecule has 2 aromatic rings. The van der Waals surface area contributed by atoms with Gasteiger partial charge in [0.15, 0.2) is 0 Å². The van der Waals surface area contributed by atoms with E-state index in [9.17, 15) is 8.78 Å². The lowest BCUT2D eigenvalue weighted by molar-refractivity contribution is 0.121. The van der Waals surface area contributed by atoms with Crippen LogP contribution in [0.25, 0.3) is 0 Å². The van der Waals surface area contributed by atoms with E-state index in [4.69, 9.17) is 0 Å². The molecule has 3 nitrogen and oxygen atoms in total. The van der Waals surface area contributed by atoms with Crippen molar-refractivity contribution in [2.24, 2.45) is 0 Å². The van der Waals surface area contributed by atoms with Crippen LogP contribution in [0.4, 0.5) is 8.78 Å². The fourth-order valence-electron chi connectivity index (χ4n) is 1.83. The summed E-state index contributed by atoms with van der Waals surface area (Å²) in [5.74, 6) is 0. The van der Waals surface area contributed by atoms with E-state index in [0.29, 0.717) is 6.54 Å². The zero-order chi connectivity index (χ0) is 13.5. The summed E-state index contributed by atoms with van der Waals surface area (Å²) in [6.07, 6.45) is 0.165. The van der Waals surface area contributed by atoms with Gasteiger partial charge in [0.2, 0.25) is 0 Å². The van der Waals surface area contributed by atoms with Crippen molar-refractivity contribution in [1.29, 1.82) is 0 Å². The molecule has 110 valence electrons. The SMILES string of the molecule is Cl.FC(F)Cn1ccc(CNCCc2ccccc2)n1. The molecule has 2 rings (SSSR count). The van der Waals surface area contributed by atoms with Crippen molar-refractivity contribution in [1.82, 2.24) is 15.1 Å². The smallest absolute Gasteiger partial charge is 0.257 e. The molecule has 1 aromatic heterocycles. The van der Waals surface area contributed by atoms with Gasteiger partial charge < -0.3 is 5.32 Å². The Labute approximate surface area is 123 Å². The van der Waals surface area contributed by atoms with Crippen LogP contribution in [0.15, 0.2) is 42.6 Å². The molecule has 0 bridgehead atoms. The Kier molecular flexibility index (Phi) is 7.18. The van der Waals surface area contributed by atoms with E-state index < -0.39 is 6.43 Å². The number of nitrogens with one attached hydrogen (secondary N) is 1. The van der Waals surface area contributed by atoms with Crippen molar-refractivity contribution in [2.45, 2.75) is 25.9 Å². The van der Waals surface area contributed by atoms with Crippen LogP contribution < -0.4 is 5.32 Å². The number of nitrogens with zero attached hydrogens (tertiary/aromatic N) is 2. The Morgan fingerprint density at radius 3 is 2.60 bits per heavy atom. The maximum absolute atomic E-state index is 12.1. The maximum atomic E-state index is 12.1. The number of halogens is 3. The van der Waals surface area contributed by atoms with E-state index in [-0.39, 0.29) is 19.0 Å². The molecule has 0 aliphatic rings. The Balaban J connectivity index is 0.00000200. The summed E-state index contributed by atoms with van der Waals surface area (Å²) in [5, 5.41) is 7.32. The molecule has 1 N–H and O–H groups in total. The van der Waals surface area contributed by atoms with Crippen molar-refractivity contribution in [2.75, 3.05) is 6.54 Å². The van der Waals surface area contributed by atoms with Crippen LogP contribution in [-0.4, -0.2) is 22.8 Å². The van der Waals surface area contributed by atoms with Gasteiger partial charge in [-0.15, -0.1) is 12.4 Å². The quantitative estimate of drug-likeness (QED) is 0.797. The third kappa shape index (κ3) is 5.67. The van der Waals surface area contributed by atoms with E-state index in [2.05, 4.69) is 22.5 Å². The highest BCUT2D eigenvalue weighted by Crippen LogP contribution is 2.01. The first-order chi connectivity index (χ1) is 9.24. The second-order valence-corrected chi connectivity index (χ2v) is 4.33. The van der Waals surface area contributed by atoms with Gasteiger partial charge in [-0.05, 0) is 24.6 Å². The average molecular weight is 302 g/mol. The van der Waals surface area contributed by atoms with Crippen molar-refractivity contribution < 1.29 is 8.78 Å². The molecule has 1 aromatic carbocycles. The molecule has 0 saturated carbocycles. The molecule has 0 radical (unpaired) electrons. The van der Waals surface area contributed by atoms with Gasteiger partial charge in [-0.3, -0.25) is 4.68 Å². The normalized spacial score (nSPS) is 10.6. The van der Waals surface area contributed by atoms with Crippen molar-refractivity contribution in [3.63, 3.8) is 0 Å². The van der Waals surface area contributed by atoms with E-state index in [1.54, 1.807) is 12.3 Å². The van der Waals surface area contributed by atoms with Crippen LogP contribution in [0.3, 0.4) is 0 Å². The van der Waals surface area contributed by atoms with Crippen LogP contribution in [0.5, 0.6) is 0 Å². The molecule has 0 atom stereocenters. The molecule has 0 aliphatic carbocycles. The first kappa shape index (κ1) is 16.6. The molecule has 6 heteroatoms. The minimum atomic E-state index is -2.36. The minimum Gasteiger partial charge on any atom is -0.311 e. The summed E-state index contributed by atoms with van der Waals surface area (Å²) in [6, 6.07) is 11.9. The standard InChI is InChI=1S/C14H17F2N3.ClH/c15-14(16)11-19-9-7-13(18-19)10-17-8-6-12-4-2-1-3-5-12;/h1-5,7,9,14,17H,6,8,10-11H2;1H. The topological polar surface area (TPSA) is 29.9 Å². The lowest BCUT2D eigenvalue weighted by atomic mass is 10.1. The highest BCUT2D eigenvalue weighted by Gasteiger charge is 2.05. The molecule has 0 fully saturated rings. The molecular formula is C14H18ClF2N3. The van der Waals surface area contributed by atoms with Crippen LogP contribution in [-0.2, 0) is 19.5 Å². The highest BCUT2D eigenvalue weighted by atomic mass is 35.5. The van der Waals surface area contributed by atoms with Crippen LogP contribution in [0.1, 0.15) is 11.3 Å². The minimum absolute atomic E-state index is 0. The van der Waals surface area contributed by atoms with Crippen molar-refractivity contribution >= 4 is 12.4 Å². The predicted octanol–water partition coefficient (Wildman–Crippen LogP) is 2.90. The number of rotatable bonds is 7. The van der Waals surface area contributed by atoms with Gasteiger partial charge in [-0.25, -0.2) is 8.78 Å².